The molecule has 1 aromatic carbocycles. The van der Waals surface area contributed by atoms with Gasteiger partial charge in [-0.25, -0.2) is 8.42 Å². The molecule has 166 valence electrons. The summed E-state index contributed by atoms with van der Waals surface area (Å²) in [6, 6.07) is 7.99. The van der Waals surface area contributed by atoms with Crippen molar-refractivity contribution in [3.8, 4) is 10.4 Å². The van der Waals surface area contributed by atoms with Gasteiger partial charge in [0.2, 0.25) is 0 Å². The second kappa shape index (κ2) is 8.07. The zero-order chi connectivity index (χ0) is 22.4. The van der Waals surface area contributed by atoms with E-state index in [2.05, 4.69) is 17.1 Å². The number of aryl methyl sites for hydroxylation is 1. The molecule has 6 nitrogen and oxygen atoms in total. The van der Waals surface area contributed by atoms with Crippen molar-refractivity contribution in [3.05, 3.63) is 46.5 Å². The summed E-state index contributed by atoms with van der Waals surface area (Å²) in [5, 5.41) is 10.9. The van der Waals surface area contributed by atoms with Gasteiger partial charge in [0.25, 0.3) is 5.91 Å². The minimum Gasteiger partial charge on any atom is -0.390 e. The fourth-order valence-electron chi connectivity index (χ4n) is 4.22. The summed E-state index contributed by atoms with van der Waals surface area (Å²) in [4.78, 5) is 17.6. The smallest absolute Gasteiger partial charge is 0.250 e. The van der Waals surface area contributed by atoms with Gasteiger partial charge in [-0.15, -0.1) is 11.3 Å². The molecule has 0 aliphatic carbocycles. The van der Waals surface area contributed by atoms with Gasteiger partial charge in [-0.3, -0.25) is 4.79 Å². The molecule has 1 aliphatic rings. The van der Waals surface area contributed by atoms with Crippen molar-refractivity contribution in [1.82, 2.24) is 4.98 Å². The molecule has 1 aliphatic heterocycles. The Hall–Kier alpha value is -2.16. The maximum Gasteiger partial charge on any atom is 0.250 e. The molecular formula is C23H28N2O4S2. The van der Waals surface area contributed by atoms with Crippen molar-refractivity contribution in [2.75, 3.05) is 11.5 Å². The van der Waals surface area contributed by atoms with Gasteiger partial charge in [-0.1, -0.05) is 0 Å². The fourth-order valence-corrected chi connectivity index (χ4v) is 6.71. The second-order valence-corrected chi connectivity index (χ2v) is 12.5. The molecule has 1 saturated heterocycles. The number of benzene rings is 1. The number of rotatable bonds is 6. The molecular weight excluding hydrogens is 432 g/mol. The molecule has 0 unspecified atom stereocenters. The van der Waals surface area contributed by atoms with Gasteiger partial charge in [0.15, 0.2) is 0 Å². The van der Waals surface area contributed by atoms with Crippen molar-refractivity contribution in [2.45, 2.75) is 51.0 Å². The Labute approximate surface area is 186 Å². The molecule has 4 rings (SSSR count). The number of fused-ring (bicyclic) bond motifs is 1. The number of carbonyl (C=O) groups is 1. The lowest BCUT2D eigenvalue weighted by Gasteiger charge is -2.21. The van der Waals surface area contributed by atoms with Crippen LogP contribution in [0.1, 0.15) is 59.8 Å². The number of hydrogen-bond donors (Lipinski definition) is 3. The first-order valence-electron chi connectivity index (χ1n) is 10.5. The van der Waals surface area contributed by atoms with Crippen LogP contribution in [0.2, 0.25) is 0 Å². The first-order valence-corrected chi connectivity index (χ1v) is 13.1. The summed E-state index contributed by atoms with van der Waals surface area (Å²) in [6.07, 6.45) is 4.53. The lowest BCUT2D eigenvalue weighted by Crippen LogP contribution is -2.22. The van der Waals surface area contributed by atoms with Gasteiger partial charge < -0.3 is 15.8 Å². The Bertz CT molecular complexity index is 1220. The van der Waals surface area contributed by atoms with Crippen LogP contribution in [-0.2, 0) is 16.3 Å². The lowest BCUT2D eigenvalue weighted by molar-refractivity contribution is 0.0716. The van der Waals surface area contributed by atoms with E-state index in [0.717, 1.165) is 27.8 Å². The second-order valence-electron chi connectivity index (χ2n) is 9.06. The Morgan fingerprint density at radius 2 is 1.97 bits per heavy atom. The maximum atomic E-state index is 12.2. The number of aliphatic hydroxyl groups is 1. The summed E-state index contributed by atoms with van der Waals surface area (Å²) in [5.41, 5.74) is 8.09. The average Bonchev–Trinajstić information content (AvgIpc) is 3.32. The normalized spacial score (nSPS) is 17.3. The van der Waals surface area contributed by atoms with E-state index in [4.69, 9.17) is 5.73 Å². The van der Waals surface area contributed by atoms with Crippen LogP contribution in [0.4, 0.5) is 0 Å². The van der Waals surface area contributed by atoms with Crippen molar-refractivity contribution < 1.29 is 18.3 Å². The van der Waals surface area contributed by atoms with E-state index in [1.54, 1.807) is 25.2 Å². The molecule has 2 aromatic heterocycles. The van der Waals surface area contributed by atoms with Gasteiger partial charge in [0.05, 0.1) is 28.2 Å². The van der Waals surface area contributed by atoms with E-state index < -0.39 is 21.3 Å². The standard InChI is InChI=1S/C23H28N2O4S2/c1-23(2,27)8-5-16-3-4-20(30-16)15-11-17-19(14-6-9-31(28,29)10-7-14)13-25-21(17)18(12-15)22(24)26/h3-4,11-14,25,27H,5-10H2,1-2H3,(H2,24,26). The highest BCUT2D eigenvalue weighted by molar-refractivity contribution is 7.91. The number of aromatic amines is 1. The molecule has 1 fully saturated rings. The predicted molar refractivity (Wildman–Crippen MR) is 125 cm³/mol. The van der Waals surface area contributed by atoms with Gasteiger partial charge in [0.1, 0.15) is 9.84 Å². The van der Waals surface area contributed by atoms with Gasteiger partial charge in [-0.05, 0) is 80.8 Å². The number of primary amides is 1. The van der Waals surface area contributed by atoms with Crippen molar-refractivity contribution in [3.63, 3.8) is 0 Å². The third-order valence-electron chi connectivity index (χ3n) is 6.01. The van der Waals surface area contributed by atoms with E-state index in [0.29, 0.717) is 30.3 Å². The monoisotopic (exact) mass is 460 g/mol. The van der Waals surface area contributed by atoms with Gasteiger partial charge >= 0.3 is 0 Å². The summed E-state index contributed by atoms with van der Waals surface area (Å²) in [5.74, 6) is 0.0360. The number of amides is 1. The quantitative estimate of drug-likeness (QED) is 0.516. The molecule has 0 spiro atoms. The van der Waals surface area contributed by atoms with Crippen LogP contribution in [0.3, 0.4) is 0 Å². The topological polar surface area (TPSA) is 113 Å². The lowest BCUT2D eigenvalue weighted by atomic mass is 9.91. The highest BCUT2D eigenvalue weighted by Crippen LogP contribution is 2.38. The number of hydrogen-bond acceptors (Lipinski definition) is 5. The van der Waals surface area contributed by atoms with Crippen LogP contribution in [0.15, 0.2) is 30.5 Å². The predicted octanol–water partition coefficient (Wildman–Crippen LogP) is 3.99. The molecule has 0 saturated carbocycles. The van der Waals surface area contributed by atoms with Crippen LogP contribution >= 0.6 is 11.3 Å². The largest absolute Gasteiger partial charge is 0.390 e. The van der Waals surface area contributed by atoms with Gasteiger partial charge in [-0.2, -0.15) is 0 Å². The third kappa shape index (κ3) is 4.86. The highest BCUT2D eigenvalue weighted by atomic mass is 32.2. The molecule has 8 heteroatoms. The first-order chi connectivity index (χ1) is 14.5. The van der Waals surface area contributed by atoms with E-state index in [1.165, 1.54) is 4.88 Å². The number of carbonyl (C=O) groups excluding carboxylic acids is 1. The van der Waals surface area contributed by atoms with Crippen LogP contribution in [0.5, 0.6) is 0 Å². The zero-order valence-corrected chi connectivity index (χ0v) is 19.4. The number of nitrogens with two attached hydrogens (primary N) is 1. The molecule has 0 radical (unpaired) electrons. The minimum absolute atomic E-state index is 0.138. The molecule has 3 aromatic rings. The molecule has 0 bridgehead atoms. The summed E-state index contributed by atoms with van der Waals surface area (Å²) in [7, 11) is -2.95. The summed E-state index contributed by atoms with van der Waals surface area (Å²) in [6.45, 7) is 3.61. The van der Waals surface area contributed by atoms with E-state index >= 15 is 0 Å². The van der Waals surface area contributed by atoms with E-state index in [1.807, 2.05) is 18.3 Å². The highest BCUT2D eigenvalue weighted by Gasteiger charge is 2.27. The van der Waals surface area contributed by atoms with Crippen molar-refractivity contribution in [1.29, 1.82) is 0 Å². The van der Waals surface area contributed by atoms with Crippen LogP contribution in [0.25, 0.3) is 21.3 Å². The van der Waals surface area contributed by atoms with Gasteiger partial charge in [0, 0.05) is 21.3 Å². The molecule has 3 heterocycles. The number of H-pyrrole nitrogens is 1. The average molecular weight is 461 g/mol. The third-order valence-corrected chi connectivity index (χ3v) is 8.92. The minimum atomic E-state index is -2.95. The van der Waals surface area contributed by atoms with Crippen molar-refractivity contribution >= 4 is 38.0 Å². The Morgan fingerprint density at radius 1 is 1.26 bits per heavy atom. The number of aromatic nitrogens is 1. The molecule has 4 N–H and O–H groups in total. The van der Waals surface area contributed by atoms with Crippen LogP contribution < -0.4 is 5.73 Å². The summed E-state index contributed by atoms with van der Waals surface area (Å²) >= 11 is 1.65. The fraction of sp³-hybridized carbons (Fsp3) is 0.435. The van der Waals surface area contributed by atoms with Crippen LogP contribution in [-0.4, -0.2) is 41.5 Å². The Morgan fingerprint density at radius 3 is 2.61 bits per heavy atom. The Kier molecular flexibility index (Phi) is 5.74. The number of thiophene rings is 1. The summed E-state index contributed by atoms with van der Waals surface area (Å²) < 4.78 is 23.7. The van der Waals surface area contributed by atoms with E-state index in [-0.39, 0.29) is 17.4 Å². The van der Waals surface area contributed by atoms with Crippen molar-refractivity contribution in [2.24, 2.45) is 5.73 Å². The molecule has 1 amide bonds. The van der Waals surface area contributed by atoms with Crippen LogP contribution in [0, 0.1) is 0 Å². The Balaban J connectivity index is 1.72. The zero-order valence-electron chi connectivity index (χ0n) is 17.8. The SMILES string of the molecule is CC(C)(O)CCc1ccc(-c2cc(C(N)=O)c3[nH]cc(C4CCS(=O)(=O)CC4)c3c2)s1. The first kappa shape index (κ1) is 22.0. The maximum absolute atomic E-state index is 12.2. The molecule has 31 heavy (non-hydrogen) atoms. The number of sulfone groups is 1. The molecule has 0 atom stereocenters. The number of nitrogens with one attached hydrogen (secondary N) is 1. The van der Waals surface area contributed by atoms with E-state index in [9.17, 15) is 18.3 Å².